The summed E-state index contributed by atoms with van der Waals surface area (Å²) in [6.45, 7) is 5.42. The van der Waals surface area contributed by atoms with Crippen LogP contribution in [0.4, 0.5) is 0 Å². The third-order valence-electron chi connectivity index (χ3n) is 11.0. The molecule has 1 aliphatic heterocycles. The number of hydrogen-bond acceptors (Lipinski definition) is 11. The molecule has 77 heavy (non-hydrogen) atoms. The van der Waals surface area contributed by atoms with Gasteiger partial charge in [-0.3, -0.25) is 14.4 Å². The first-order valence-electron chi connectivity index (χ1n) is 27.8. The fraction of sp³-hybridized carbons (Fsp3) is 0.477. The maximum absolute atomic E-state index is 13.1. The van der Waals surface area contributed by atoms with Gasteiger partial charge in [-0.25, -0.2) is 4.79 Å². The minimum absolute atomic E-state index is 0.00163. The van der Waals surface area contributed by atoms with Crippen LogP contribution in [0.2, 0.25) is 0 Å². The Hall–Kier alpha value is -6.18. The highest BCUT2D eigenvalue weighted by molar-refractivity contribution is 5.74. The van der Waals surface area contributed by atoms with E-state index < -0.39 is 73.9 Å². The van der Waals surface area contributed by atoms with Crippen molar-refractivity contribution in [2.45, 2.75) is 186 Å². The van der Waals surface area contributed by atoms with Crippen LogP contribution in [-0.2, 0) is 42.9 Å². The van der Waals surface area contributed by atoms with Gasteiger partial charge in [-0.1, -0.05) is 203 Å². The number of aliphatic hydroxyl groups excluding tert-OH is 2. The minimum Gasteiger partial charge on any atom is -0.479 e. The van der Waals surface area contributed by atoms with E-state index in [1.165, 1.54) is 0 Å². The van der Waals surface area contributed by atoms with Crippen molar-refractivity contribution in [1.82, 2.24) is 0 Å². The van der Waals surface area contributed by atoms with Gasteiger partial charge in [0.1, 0.15) is 18.8 Å². The Balaban J connectivity index is 2.85. The average molecular weight is 1070 g/mol. The Labute approximate surface area is 461 Å². The zero-order valence-electron chi connectivity index (χ0n) is 46.4. The van der Waals surface area contributed by atoms with Crippen LogP contribution in [-0.4, -0.2) is 89.2 Å². The Morgan fingerprint density at radius 3 is 1.13 bits per heavy atom. The number of carbonyl (C=O) groups excluding carboxylic acids is 3. The molecule has 1 aliphatic rings. The van der Waals surface area contributed by atoms with E-state index in [1.54, 1.807) is 6.08 Å². The van der Waals surface area contributed by atoms with Crippen molar-refractivity contribution in [3.63, 3.8) is 0 Å². The standard InChI is InChI=1S/C65H92O12/c1-4-7-10-13-16-19-22-25-27-28-29-30-32-35-38-41-44-47-50-53-59(68)76-63-61(70)60(69)62(64(71)72)77-65(63)74-55-56(75-58(67)52-49-46-43-40-37-33-24-21-18-15-12-9-6-3)54-73-57(66)51-48-45-42-39-36-34-31-26-23-20-17-14-11-8-5-2/h7-12,16-21,25-27,29-31,33,35-39,43-48,56,60-63,65,69-70H,4-6,13-15,22-24,28,32,34,40-42,49-55H2,1-3H3,(H,71,72)/b10-7-,11-8-,12-9-,19-16-,20-17-,21-18-,27-25-,30-29-,31-26-,37-33-,38-35-,39-36-,46-43-,47-44-,48-45-. The van der Waals surface area contributed by atoms with Crippen LogP contribution in [0.15, 0.2) is 182 Å². The first kappa shape index (κ1) is 68.8. The molecule has 6 unspecified atom stereocenters. The molecule has 6 atom stereocenters. The molecule has 1 rings (SSSR count). The lowest BCUT2D eigenvalue weighted by atomic mass is 9.98. The maximum atomic E-state index is 13.1. The van der Waals surface area contributed by atoms with Gasteiger partial charge in [-0.05, 0) is 109 Å². The van der Waals surface area contributed by atoms with Gasteiger partial charge in [0.2, 0.25) is 0 Å². The summed E-state index contributed by atoms with van der Waals surface area (Å²) in [5, 5.41) is 31.4. The van der Waals surface area contributed by atoms with E-state index in [1.807, 2.05) is 54.7 Å². The fourth-order valence-electron chi connectivity index (χ4n) is 6.89. The monoisotopic (exact) mass is 1060 g/mol. The number of hydrogen-bond donors (Lipinski definition) is 3. The van der Waals surface area contributed by atoms with Crippen LogP contribution in [0, 0.1) is 0 Å². The van der Waals surface area contributed by atoms with Crippen molar-refractivity contribution in [1.29, 1.82) is 0 Å². The largest absolute Gasteiger partial charge is 0.479 e. The highest BCUT2D eigenvalue weighted by Gasteiger charge is 2.50. The van der Waals surface area contributed by atoms with E-state index in [4.69, 9.17) is 23.7 Å². The predicted octanol–water partition coefficient (Wildman–Crippen LogP) is 14.1. The van der Waals surface area contributed by atoms with Gasteiger partial charge in [-0.2, -0.15) is 0 Å². The number of aliphatic hydroxyl groups is 2. The van der Waals surface area contributed by atoms with Gasteiger partial charge in [0.05, 0.1) is 13.0 Å². The summed E-state index contributed by atoms with van der Waals surface area (Å²) in [6, 6.07) is 0. The SMILES string of the molecule is CC/C=C\C/C=C\C/C=C\C/C=C\C/C=C\C/C=C\CCC(=O)OC1C(OCC(COC(=O)C/C=C\C/C=C\C/C=C\C/C=C\C/C=C\CC)OC(=O)CC/C=C\C/C=C\C/C=C\C/C=C\CC)OC(C(=O)O)C(O)C1O. The Morgan fingerprint density at radius 1 is 0.429 bits per heavy atom. The van der Waals surface area contributed by atoms with E-state index in [9.17, 15) is 34.5 Å². The second-order valence-corrected chi connectivity index (χ2v) is 17.7. The topological polar surface area (TPSA) is 175 Å². The van der Waals surface area contributed by atoms with Gasteiger partial charge in [0, 0.05) is 12.8 Å². The zero-order valence-corrected chi connectivity index (χ0v) is 46.4. The summed E-state index contributed by atoms with van der Waals surface area (Å²) < 4.78 is 28.0. The van der Waals surface area contributed by atoms with Crippen molar-refractivity contribution in [2.24, 2.45) is 0 Å². The zero-order chi connectivity index (χ0) is 56.1. The molecule has 0 bridgehead atoms. The van der Waals surface area contributed by atoms with Crippen LogP contribution < -0.4 is 0 Å². The van der Waals surface area contributed by atoms with Crippen LogP contribution in [0.5, 0.6) is 0 Å². The van der Waals surface area contributed by atoms with E-state index in [-0.39, 0.29) is 19.3 Å². The van der Waals surface area contributed by atoms with Gasteiger partial charge in [0.25, 0.3) is 0 Å². The lowest BCUT2D eigenvalue weighted by Gasteiger charge is -2.40. The quantitative estimate of drug-likeness (QED) is 0.0300. The molecule has 0 aromatic carbocycles. The van der Waals surface area contributed by atoms with Crippen molar-refractivity contribution < 1.29 is 58.2 Å². The first-order valence-corrected chi connectivity index (χ1v) is 27.8. The highest BCUT2D eigenvalue weighted by Crippen LogP contribution is 2.26. The third-order valence-corrected chi connectivity index (χ3v) is 11.0. The number of esters is 3. The predicted molar refractivity (Wildman–Crippen MR) is 311 cm³/mol. The molecule has 1 saturated heterocycles. The summed E-state index contributed by atoms with van der Waals surface area (Å²) in [6.07, 6.45) is 65.0. The summed E-state index contributed by atoms with van der Waals surface area (Å²) in [7, 11) is 0. The van der Waals surface area contributed by atoms with Crippen LogP contribution in [0.3, 0.4) is 0 Å². The lowest BCUT2D eigenvalue weighted by Crippen LogP contribution is -2.61. The molecule has 1 fully saturated rings. The number of rotatable bonds is 43. The molecule has 3 N–H and O–H groups in total. The molecule has 0 aromatic heterocycles. The van der Waals surface area contributed by atoms with Crippen molar-refractivity contribution in [2.75, 3.05) is 13.2 Å². The highest BCUT2D eigenvalue weighted by atomic mass is 16.7. The van der Waals surface area contributed by atoms with Crippen LogP contribution in [0.25, 0.3) is 0 Å². The molecule has 0 aliphatic carbocycles. The normalized spacial score (nSPS) is 19.4. The number of ether oxygens (including phenoxy) is 5. The molecule has 0 amide bonds. The maximum Gasteiger partial charge on any atom is 0.335 e. The van der Waals surface area contributed by atoms with Gasteiger partial charge in [-0.15, -0.1) is 0 Å². The lowest BCUT2D eigenvalue weighted by molar-refractivity contribution is -0.301. The Kier molecular flexibility index (Phi) is 45.3. The number of carboxylic acids is 1. The summed E-state index contributed by atoms with van der Waals surface area (Å²) in [5.41, 5.74) is 0. The fourth-order valence-corrected chi connectivity index (χ4v) is 6.89. The van der Waals surface area contributed by atoms with E-state index in [0.717, 1.165) is 77.0 Å². The molecule has 424 valence electrons. The van der Waals surface area contributed by atoms with Gasteiger partial charge < -0.3 is 39.0 Å². The summed E-state index contributed by atoms with van der Waals surface area (Å²) in [4.78, 5) is 50.9. The number of carboxylic acid groups (broad SMARTS) is 1. The second kappa shape index (κ2) is 50.6. The van der Waals surface area contributed by atoms with E-state index >= 15 is 0 Å². The molecule has 0 saturated carbocycles. The smallest absolute Gasteiger partial charge is 0.335 e. The molecule has 0 spiro atoms. The summed E-state index contributed by atoms with van der Waals surface area (Å²) in [5.74, 6) is -3.55. The number of aliphatic carboxylic acids is 1. The molecule has 12 nitrogen and oxygen atoms in total. The van der Waals surface area contributed by atoms with Crippen molar-refractivity contribution in [3.05, 3.63) is 182 Å². The molecule has 0 aromatic rings. The number of allylic oxidation sites excluding steroid dienone is 29. The van der Waals surface area contributed by atoms with Gasteiger partial charge >= 0.3 is 23.9 Å². The Bertz CT molecular complexity index is 2040. The average Bonchev–Trinajstić information content (AvgIpc) is 3.42. The molecule has 1 heterocycles. The minimum atomic E-state index is -1.96. The molecular formula is C65H92O12. The summed E-state index contributed by atoms with van der Waals surface area (Å²) >= 11 is 0. The second-order valence-electron chi connectivity index (χ2n) is 17.7. The van der Waals surface area contributed by atoms with Crippen LogP contribution in [0.1, 0.15) is 149 Å². The van der Waals surface area contributed by atoms with Gasteiger partial charge in [0.15, 0.2) is 24.6 Å². The van der Waals surface area contributed by atoms with Crippen molar-refractivity contribution >= 4 is 23.9 Å². The van der Waals surface area contributed by atoms with E-state index in [0.29, 0.717) is 32.1 Å². The third kappa shape index (κ3) is 40.7. The van der Waals surface area contributed by atoms with Crippen LogP contribution >= 0.6 is 0 Å². The molecular weight excluding hydrogens is 973 g/mol. The molecule has 12 heteroatoms. The number of carbonyl (C=O) groups is 4. The first-order chi connectivity index (χ1) is 37.6. The van der Waals surface area contributed by atoms with Crippen molar-refractivity contribution in [3.8, 4) is 0 Å². The molecule has 0 radical (unpaired) electrons. The van der Waals surface area contributed by atoms with E-state index in [2.05, 4.69) is 142 Å². The Morgan fingerprint density at radius 2 is 0.766 bits per heavy atom.